The topological polar surface area (TPSA) is 41.5 Å². The third-order valence-corrected chi connectivity index (χ3v) is 3.02. The summed E-state index contributed by atoms with van der Waals surface area (Å²) >= 11 is 0. The summed E-state index contributed by atoms with van der Waals surface area (Å²) in [6.07, 6.45) is 1.83. The van der Waals surface area contributed by atoms with E-state index in [-0.39, 0.29) is 6.61 Å². The van der Waals surface area contributed by atoms with E-state index in [0.717, 1.165) is 31.7 Å². The minimum absolute atomic E-state index is 0.257. The summed E-state index contributed by atoms with van der Waals surface area (Å²) in [5.74, 6) is 1.45. The van der Waals surface area contributed by atoms with E-state index in [2.05, 4.69) is 37.4 Å². The van der Waals surface area contributed by atoms with Crippen LogP contribution in [-0.4, -0.2) is 31.9 Å². The average Bonchev–Trinajstić information content (AvgIpc) is 2.38. The number of methoxy groups -OCH3 is 1. The molecule has 0 saturated heterocycles. The van der Waals surface area contributed by atoms with Crippen LogP contribution in [-0.2, 0) is 6.42 Å². The van der Waals surface area contributed by atoms with Crippen molar-refractivity contribution in [3.05, 3.63) is 29.3 Å². The van der Waals surface area contributed by atoms with Crippen LogP contribution in [0.3, 0.4) is 0 Å². The first-order valence-corrected chi connectivity index (χ1v) is 6.67. The molecule has 1 rings (SSSR count). The third-order valence-electron chi connectivity index (χ3n) is 3.02. The van der Waals surface area contributed by atoms with Crippen molar-refractivity contribution in [2.75, 3.05) is 26.8 Å². The zero-order chi connectivity index (χ0) is 13.4. The maximum absolute atomic E-state index is 8.68. The Labute approximate surface area is 110 Å². The van der Waals surface area contributed by atoms with Gasteiger partial charge in [0.1, 0.15) is 5.75 Å². The van der Waals surface area contributed by atoms with Gasteiger partial charge >= 0.3 is 0 Å². The molecule has 0 fully saturated rings. The monoisotopic (exact) mass is 251 g/mol. The van der Waals surface area contributed by atoms with E-state index in [9.17, 15) is 0 Å². The number of aliphatic hydroxyl groups excluding tert-OH is 1. The largest absolute Gasteiger partial charge is 0.496 e. The summed E-state index contributed by atoms with van der Waals surface area (Å²) in [6.45, 7) is 6.45. The molecular weight excluding hydrogens is 226 g/mol. The maximum atomic E-state index is 8.68. The molecule has 0 unspecified atom stereocenters. The smallest absolute Gasteiger partial charge is 0.122 e. The van der Waals surface area contributed by atoms with Crippen molar-refractivity contribution in [3.8, 4) is 5.75 Å². The van der Waals surface area contributed by atoms with Crippen molar-refractivity contribution in [1.82, 2.24) is 5.32 Å². The SMILES string of the molecule is COc1ccc(CCNCCCO)cc1C(C)C. The molecule has 1 aromatic rings. The first-order valence-electron chi connectivity index (χ1n) is 6.67. The molecule has 0 heterocycles. The van der Waals surface area contributed by atoms with Gasteiger partial charge in [0.15, 0.2) is 0 Å². The summed E-state index contributed by atoms with van der Waals surface area (Å²) in [5, 5.41) is 12.0. The van der Waals surface area contributed by atoms with E-state index in [0.29, 0.717) is 5.92 Å². The van der Waals surface area contributed by atoms with E-state index < -0.39 is 0 Å². The molecular formula is C15H25NO2. The first kappa shape index (κ1) is 15.0. The van der Waals surface area contributed by atoms with E-state index in [1.54, 1.807) is 7.11 Å². The molecule has 0 atom stereocenters. The quantitative estimate of drug-likeness (QED) is 0.697. The minimum atomic E-state index is 0.257. The number of aliphatic hydroxyl groups is 1. The number of benzene rings is 1. The first-order chi connectivity index (χ1) is 8.69. The molecule has 1 aromatic carbocycles. The van der Waals surface area contributed by atoms with Crippen molar-refractivity contribution in [1.29, 1.82) is 0 Å². The summed E-state index contributed by atoms with van der Waals surface area (Å²) in [5.41, 5.74) is 2.60. The fraction of sp³-hybridized carbons (Fsp3) is 0.600. The van der Waals surface area contributed by atoms with Gasteiger partial charge in [-0.3, -0.25) is 0 Å². The fourth-order valence-electron chi connectivity index (χ4n) is 1.95. The second kappa shape index (κ2) is 8.11. The number of ether oxygens (including phenoxy) is 1. The van der Waals surface area contributed by atoms with E-state index in [1.165, 1.54) is 11.1 Å². The lowest BCUT2D eigenvalue weighted by Crippen LogP contribution is -2.19. The Morgan fingerprint density at radius 2 is 2.06 bits per heavy atom. The second-order valence-electron chi connectivity index (χ2n) is 4.81. The highest BCUT2D eigenvalue weighted by molar-refractivity contribution is 5.39. The zero-order valence-corrected chi connectivity index (χ0v) is 11.7. The minimum Gasteiger partial charge on any atom is -0.496 e. The molecule has 102 valence electrons. The lowest BCUT2D eigenvalue weighted by atomic mass is 9.98. The molecule has 2 N–H and O–H groups in total. The Kier molecular flexibility index (Phi) is 6.76. The van der Waals surface area contributed by atoms with Gasteiger partial charge in [0.05, 0.1) is 7.11 Å². The summed E-state index contributed by atoms with van der Waals surface area (Å²) in [6, 6.07) is 6.41. The van der Waals surface area contributed by atoms with Crippen LogP contribution >= 0.6 is 0 Å². The van der Waals surface area contributed by atoms with Gasteiger partial charge in [-0.1, -0.05) is 26.0 Å². The molecule has 0 aliphatic heterocycles. The molecule has 0 bridgehead atoms. The number of rotatable bonds is 8. The highest BCUT2D eigenvalue weighted by atomic mass is 16.5. The van der Waals surface area contributed by atoms with E-state index in [4.69, 9.17) is 9.84 Å². The van der Waals surface area contributed by atoms with Crippen molar-refractivity contribution in [2.24, 2.45) is 0 Å². The van der Waals surface area contributed by atoms with Gasteiger partial charge in [-0.15, -0.1) is 0 Å². The lowest BCUT2D eigenvalue weighted by molar-refractivity contribution is 0.286. The zero-order valence-electron chi connectivity index (χ0n) is 11.7. The van der Waals surface area contributed by atoms with Crippen LogP contribution in [0.5, 0.6) is 5.75 Å². The highest BCUT2D eigenvalue weighted by Gasteiger charge is 2.07. The van der Waals surface area contributed by atoms with Crippen molar-refractivity contribution in [2.45, 2.75) is 32.6 Å². The second-order valence-corrected chi connectivity index (χ2v) is 4.81. The molecule has 0 aromatic heterocycles. The molecule has 0 amide bonds. The van der Waals surface area contributed by atoms with Crippen LogP contribution in [0.15, 0.2) is 18.2 Å². The average molecular weight is 251 g/mol. The molecule has 3 nitrogen and oxygen atoms in total. The van der Waals surface area contributed by atoms with Crippen molar-refractivity contribution in [3.63, 3.8) is 0 Å². The molecule has 0 spiro atoms. The summed E-state index contributed by atoms with van der Waals surface area (Å²) in [7, 11) is 1.72. The predicted molar refractivity (Wildman–Crippen MR) is 75.4 cm³/mol. The normalized spacial score (nSPS) is 10.9. The van der Waals surface area contributed by atoms with Gasteiger partial charge in [-0.05, 0) is 49.0 Å². The summed E-state index contributed by atoms with van der Waals surface area (Å²) in [4.78, 5) is 0. The Morgan fingerprint density at radius 3 is 2.67 bits per heavy atom. The fourth-order valence-corrected chi connectivity index (χ4v) is 1.95. The summed E-state index contributed by atoms with van der Waals surface area (Å²) < 4.78 is 5.38. The molecule has 18 heavy (non-hydrogen) atoms. The van der Waals surface area contributed by atoms with Crippen LogP contribution in [0.2, 0.25) is 0 Å². The molecule has 0 saturated carbocycles. The van der Waals surface area contributed by atoms with Gasteiger partial charge in [-0.25, -0.2) is 0 Å². The highest BCUT2D eigenvalue weighted by Crippen LogP contribution is 2.27. The van der Waals surface area contributed by atoms with Gasteiger partial charge in [0, 0.05) is 6.61 Å². The van der Waals surface area contributed by atoms with Crippen LogP contribution in [0.4, 0.5) is 0 Å². The molecule has 0 aliphatic rings. The third kappa shape index (κ3) is 4.67. The van der Waals surface area contributed by atoms with Gasteiger partial charge in [-0.2, -0.15) is 0 Å². The number of nitrogens with one attached hydrogen (secondary N) is 1. The number of hydrogen-bond acceptors (Lipinski definition) is 3. The van der Waals surface area contributed by atoms with Crippen LogP contribution in [0, 0.1) is 0 Å². The molecule has 0 aliphatic carbocycles. The van der Waals surface area contributed by atoms with Crippen molar-refractivity contribution >= 4 is 0 Å². The van der Waals surface area contributed by atoms with Crippen LogP contribution < -0.4 is 10.1 Å². The Balaban J connectivity index is 2.53. The molecule has 0 radical (unpaired) electrons. The van der Waals surface area contributed by atoms with Gasteiger partial charge in [0.25, 0.3) is 0 Å². The standard InChI is InChI=1S/C15H25NO2/c1-12(2)14-11-13(5-6-15(14)18-3)7-9-16-8-4-10-17/h5-6,11-12,16-17H,4,7-10H2,1-3H3. The van der Waals surface area contributed by atoms with Gasteiger partial charge < -0.3 is 15.2 Å². The molecule has 3 heteroatoms. The Morgan fingerprint density at radius 1 is 1.28 bits per heavy atom. The maximum Gasteiger partial charge on any atom is 0.122 e. The Hall–Kier alpha value is -1.06. The van der Waals surface area contributed by atoms with Gasteiger partial charge in [0.2, 0.25) is 0 Å². The van der Waals surface area contributed by atoms with E-state index in [1.807, 2.05) is 0 Å². The van der Waals surface area contributed by atoms with E-state index >= 15 is 0 Å². The van der Waals surface area contributed by atoms with Crippen LogP contribution in [0.25, 0.3) is 0 Å². The predicted octanol–water partition coefficient (Wildman–Crippen LogP) is 2.33. The van der Waals surface area contributed by atoms with Crippen LogP contribution in [0.1, 0.15) is 37.3 Å². The lowest BCUT2D eigenvalue weighted by Gasteiger charge is -2.13. The number of hydrogen-bond donors (Lipinski definition) is 2. The van der Waals surface area contributed by atoms with Crippen molar-refractivity contribution < 1.29 is 9.84 Å². The Bertz CT molecular complexity index is 350.